The fraction of sp³-hybridized carbons (Fsp3) is 0.500. The van der Waals surface area contributed by atoms with Gasteiger partial charge in [-0.25, -0.2) is 4.98 Å². The van der Waals surface area contributed by atoms with Gasteiger partial charge in [0.2, 0.25) is 0 Å². The van der Waals surface area contributed by atoms with E-state index in [9.17, 15) is 9.90 Å². The Morgan fingerprint density at radius 3 is 2.88 bits per heavy atom. The normalized spacial score (nSPS) is 17.7. The van der Waals surface area contributed by atoms with Gasteiger partial charge in [0.25, 0.3) is 5.91 Å². The summed E-state index contributed by atoms with van der Waals surface area (Å²) in [6.07, 6.45) is 1.66. The highest BCUT2D eigenvalue weighted by Crippen LogP contribution is 2.27. The number of β-amino-alcohol motifs (C(OH)–C–C–N with tert-alkyl or cyclic N) is 1. The molecule has 2 rings (SSSR count). The number of aliphatic hydroxyl groups is 1. The van der Waals surface area contributed by atoms with Crippen molar-refractivity contribution in [1.29, 1.82) is 0 Å². The van der Waals surface area contributed by atoms with Crippen LogP contribution >= 0.6 is 15.9 Å². The number of carbonyl (C=O) groups excluding carboxylic acids is 1. The van der Waals surface area contributed by atoms with Crippen molar-refractivity contribution in [2.45, 2.75) is 25.4 Å². The molecular formula is C12H15BrN2O2. The van der Waals surface area contributed by atoms with Crippen LogP contribution in [0.4, 0.5) is 0 Å². The van der Waals surface area contributed by atoms with E-state index < -0.39 is 5.60 Å². The molecule has 5 heteroatoms. The maximum atomic E-state index is 12.0. The predicted octanol–water partition coefficient (Wildman–Crippen LogP) is 1.83. The number of halogens is 1. The second kappa shape index (κ2) is 4.74. The molecule has 1 saturated heterocycles. The van der Waals surface area contributed by atoms with Crippen LogP contribution < -0.4 is 0 Å². The Balaban J connectivity index is 2.00. The third kappa shape index (κ3) is 2.66. The fourth-order valence-corrected chi connectivity index (χ4v) is 2.46. The quantitative estimate of drug-likeness (QED) is 0.866. The van der Waals surface area contributed by atoms with E-state index in [2.05, 4.69) is 20.9 Å². The molecule has 4 nitrogen and oxygen atoms in total. The van der Waals surface area contributed by atoms with Crippen LogP contribution in [0.5, 0.6) is 0 Å². The first-order valence-electron chi connectivity index (χ1n) is 5.68. The molecule has 0 bridgehead atoms. The van der Waals surface area contributed by atoms with Gasteiger partial charge in [-0.15, -0.1) is 0 Å². The molecule has 1 amide bonds. The zero-order valence-corrected chi connectivity index (χ0v) is 11.3. The van der Waals surface area contributed by atoms with E-state index in [1.165, 1.54) is 0 Å². The topological polar surface area (TPSA) is 53.4 Å². The first-order chi connectivity index (χ1) is 8.04. The van der Waals surface area contributed by atoms with Crippen molar-refractivity contribution in [3.63, 3.8) is 0 Å². The Morgan fingerprint density at radius 1 is 1.59 bits per heavy atom. The van der Waals surface area contributed by atoms with Gasteiger partial charge >= 0.3 is 0 Å². The number of pyridine rings is 1. The van der Waals surface area contributed by atoms with Gasteiger partial charge in [0.15, 0.2) is 0 Å². The minimum atomic E-state index is -0.684. The minimum absolute atomic E-state index is 0.118. The van der Waals surface area contributed by atoms with Crippen molar-refractivity contribution in [2.24, 2.45) is 0 Å². The molecule has 1 aliphatic rings. The Morgan fingerprint density at radius 2 is 2.29 bits per heavy atom. The summed E-state index contributed by atoms with van der Waals surface area (Å²) in [5.41, 5.74) is -0.269. The number of hydrogen-bond donors (Lipinski definition) is 1. The summed E-state index contributed by atoms with van der Waals surface area (Å²) in [5.74, 6) is -0.118. The van der Waals surface area contributed by atoms with Gasteiger partial charge in [-0.05, 0) is 34.5 Å². The SMILES string of the molecule is CCCC1(O)CN(C(=O)c2cccc(Br)n2)C1. The van der Waals surface area contributed by atoms with Crippen LogP contribution in [0.2, 0.25) is 0 Å². The molecule has 1 aliphatic heterocycles. The van der Waals surface area contributed by atoms with E-state index in [0.717, 1.165) is 12.8 Å². The van der Waals surface area contributed by atoms with E-state index in [1.54, 1.807) is 23.1 Å². The summed E-state index contributed by atoms with van der Waals surface area (Å²) in [4.78, 5) is 17.7. The number of carbonyl (C=O) groups is 1. The highest BCUT2D eigenvalue weighted by Gasteiger charge is 2.43. The molecule has 0 aliphatic carbocycles. The molecule has 17 heavy (non-hydrogen) atoms. The predicted molar refractivity (Wildman–Crippen MR) is 67.7 cm³/mol. The van der Waals surface area contributed by atoms with Crippen LogP contribution in [0.1, 0.15) is 30.3 Å². The Bertz CT molecular complexity index is 430. The molecule has 1 aromatic heterocycles. The zero-order chi connectivity index (χ0) is 12.5. The highest BCUT2D eigenvalue weighted by molar-refractivity contribution is 9.10. The van der Waals surface area contributed by atoms with Gasteiger partial charge in [0, 0.05) is 0 Å². The van der Waals surface area contributed by atoms with Gasteiger partial charge in [-0.3, -0.25) is 4.79 Å². The maximum absolute atomic E-state index is 12.0. The van der Waals surface area contributed by atoms with Gasteiger partial charge in [0.05, 0.1) is 18.7 Å². The molecule has 0 atom stereocenters. The monoisotopic (exact) mass is 298 g/mol. The zero-order valence-electron chi connectivity index (χ0n) is 9.69. The van der Waals surface area contributed by atoms with E-state index in [4.69, 9.17) is 0 Å². The average molecular weight is 299 g/mol. The molecule has 0 radical (unpaired) electrons. The lowest BCUT2D eigenvalue weighted by Crippen LogP contribution is -2.63. The van der Waals surface area contributed by atoms with Crippen LogP contribution in [0.3, 0.4) is 0 Å². The number of hydrogen-bond acceptors (Lipinski definition) is 3. The summed E-state index contributed by atoms with van der Waals surface area (Å²) in [6, 6.07) is 5.24. The average Bonchev–Trinajstić information content (AvgIpc) is 2.25. The van der Waals surface area contributed by atoms with E-state index >= 15 is 0 Å². The van der Waals surface area contributed by atoms with E-state index in [0.29, 0.717) is 23.4 Å². The Labute approximate surface area is 109 Å². The molecule has 0 aromatic carbocycles. The smallest absolute Gasteiger partial charge is 0.272 e. The Kier molecular flexibility index (Phi) is 3.49. The summed E-state index contributed by atoms with van der Waals surface area (Å²) in [5, 5.41) is 10.0. The molecule has 0 spiro atoms. The lowest BCUT2D eigenvalue weighted by Gasteiger charge is -2.46. The number of amides is 1. The largest absolute Gasteiger partial charge is 0.386 e. The van der Waals surface area contributed by atoms with Crippen molar-refractivity contribution in [2.75, 3.05) is 13.1 Å². The number of likely N-dealkylation sites (tertiary alicyclic amines) is 1. The van der Waals surface area contributed by atoms with Gasteiger partial charge in [0.1, 0.15) is 10.3 Å². The molecule has 1 fully saturated rings. The third-order valence-corrected chi connectivity index (χ3v) is 3.35. The van der Waals surface area contributed by atoms with Crippen molar-refractivity contribution in [1.82, 2.24) is 9.88 Å². The third-order valence-electron chi connectivity index (χ3n) is 2.91. The van der Waals surface area contributed by atoms with Crippen molar-refractivity contribution < 1.29 is 9.90 Å². The fourth-order valence-electron chi connectivity index (χ4n) is 2.12. The van der Waals surface area contributed by atoms with Crippen LogP contribution in [0.15, 0.2) is 22.8 Å². The second-order valence-electron chi connectivity index (χ2n) is 4.48. The molecule has 0 saturated carbocycles. The van der Waals surface area contributed by atoms with Crippen molar-refractivity contribution >= 4 is 21.8 Å². The van der Waals surface area contributed by atoms with Crippen molar-refractivity contribution in [3.8, 4) is 0 Å². The molecule has 92 valence electrons. The lowest BCUT2D eigenvalue weighted by molar-refractivity contribution is -0.0861. The van der Waals surface area contributed by atoms with Gasteiger partial charge < -0.3 is 10.0 Å². The summed E-state index contributed by atoms with van der Waals surface area (Å²) in [7, 11) is 0. The molecular weight excluding hydrogens is 284 g/mol. The van der Waals surface area contributed by atoms with Crippen LogP contribution in [-0.4, -0.2) is 39.6 Å². The number of rotatable bonds is 3. The minimum Gasteiger partial charge on any atom is -0.386 e. The summed E-state index contributed by atoms with van der Waals surface area (Å²) < 4.78 is 0.646. The van der Waals surface area contributed by atoms with Gasteiger partial charge in [-0.1, -0.05) is 19.4 Å². The number of aromatic nitrogens is 1. The molecule has 1 N–H and O–H groups in total. The first-order valence-corrected chi connectivity index (χ1v) is 6.47. The van der Waals surface area contributed by atoms with Crippen LogP contribution in [-0.2, 0) is 0 Å². The molecule has 1 aromatic rings. The molecule has 2 heterocycles. The second-order valence-corrected chi connectivity index (χ2v) is 5.29. The highest BCUT2D eigenvalue weighted by atomic mass is 79.9. The summed E-state index contributed by atoms with van der Waals surface area (Å²) >= 11 is 3.24. The first kappa shape index (κ1) is 12.5. The van der Waals surface area contributed by atoms with Crippen molar-refractivity contribution in [3.05, 3.63) is 28.5 Å². The molecule has 0 unspecified atom stereocenters. The Hall–Kier alpha value is -0.940. The standard InChI is InChI=1S/C12H15BrN2O2/c1-2-6-12(17)7-15(8-12)11(16)9-4-3-5-10(13)14-9/h3-5,17H,2,6-8H2,1H3. The van der Waals surface area contributed by atoms with E-state index in [-0.39, 0.29) is 5.91 Å². The van der Waals surface area contributed by atoms with Crippen LogP contribution in [0.25, 0.3) is 0 Å². The van der Waals surface area contributed by atoms with Gasteiger partial charge in [-0.2, -0.15) is 0 Å². The lowest BCUT2D eigenvalue weighted by atomic mass is 9.89. The maximum Gasteiger partial charge on any atom is 0.272 e. The van der Waals surface area contributed by atoms with Crippen LogP contribution in [0, 0.1) is 0 Å². The summed E-state index contributed by atoms with van der Waals surface area (Å²) in [6.45, 7) is 2.85. The number of nitrogens with zero attached hydrogens (tertiary/aromatic N) is 2. The van der Waals surface area contributed by atoms with E-state index in [1.807, 2.05) is 6.92 Å².